The minimum Gasteiger partial charge on any atom is -0.382 e. The molecular formula is C9H20N2O2. The van der Waals surface area contributed by atoms with Crippen molar-refractivity contribution in [3.05, 3.63) is 0 Å². The molecule has 4 nitrogen and oxygen atoms in total. The third kappa shape index (κ3) is 4.85. The van der Waals surface area contributed by atoms with Gasteiger partial charge < -0.3 is 16.2 Å². The largest absolute Gasteiger partial charge is 0.382 e. The van der Waals surface area contributed by atoms with Gasteiger partial charge >= 0.3 is 0 Å². The van der Waals surface area contributed by atoms with E-state index in [0.717, 1.165) is 6.42 Å². The summed E-state index contributed by atoms with van der Waals surface area (Å²) in [6.45, 7) is 5.65. The van der Waals surface area contributed by atoms with Crippen LogP contribution in [0.1, 0.15) is 33.6 Å². The van der Waals surface area contributed by atoms with Gasteiger partial charge in [-0.05, 0) is 20.3 Å². The van der Waals surface area contributed by atoms with Crippen LogP contribution in [0, 0.1) is 0 Å². The highest BCUT2D eigenvalue weighted by Crippen LogP contribution is 1.99. The first kappa shape index (κ1) is 12.4. The van der Waals surface area contributed by atoms with Crippen molar-refractivity contribution in [2.45, 2.75) is 51.8 Å². The summed E-state index contributed by atoms with van der Waals surface area (Å²) in [5.74, 6) is -0.379. The Morgan fingerprint density at radius 2 is 2.08 bits per heavy atom. The van der Waals surface area contributed by atoms with E-state index in [-0.39, 0.29) is 11.9 Å². The van der Waals surface area contributed by atoms with Crippen molar-refractivity contribution in [2.75, 3.05) is 0 Å². The molecule has 0 saturated carbocycles. The Balaban J connectivity index is 3.93. The first-order chi connectivity index (χ1) is 5.99. The monoisotopic (exact) mass is 188 g/mol. The van der Waals surface area contributed by atoms with Crippen LogP contribution in [-0.2, 0) is 4.79 Å². The Labute approximate surface area is 79.5 Å². The minimum absolute atomic E-state index is 0.0379. The van der Waals surface area contributed by atoms with Gasteiger partial charge in [0.1, 0.15) is 6.10 Å². The smallest absolute Gasteiger partial charge is 0.250 e. The Kier molecular flexibility index (Phi) is 5.66. The molecule has 0 aliphatic rings. The van der Waals surface area contributed by atoms with Crippen molar-refractivity contribution in [1.29, 1.82) is 0 Å². The molecule has 0 saturated heterocycles. The maximum absolute atomic E-state index is 11.2. The number of aliphatic hydroxyl groups excluding tert-OH is 1. The van der Waals surface area contributed by atoms with E-state index in [1.807, 2.05) is 20.8 Å². The van der Waals surface area contributed by atoms with Crippen LogP contribution in [0.5, 0.6) is 0 Å². The van der Waals surface area contributed by atoms with Gasteiger partial charge in [0.15, 0.2) is 0 Å². The van der Waals surface area contributed by atoms with Gasteiger partial charge in [-0.2, -0.15) is 0 Å². The van der Waals surface area contributed by atoms with Crippen molar-refractivity contribution in [3.63, 3.8) is 0 Å². The normalized spacial score (nSPS) is 15.5. The zero-order valence-electron chi connectivity index (χ0n) is 8.58. The number of nitrogens with one attached hydrogen (secondary N) is 1. The van der Waals surface area contributed by atoms with Crippen LogP contribution in [0.25, 0.3) is 0 Å². The summed E-state index contributed by atoms with van der Waals surface area (Å²) in [5, 5.41) is 12.0. The molecule has 0 bridgehead atoms. The molecule has 0 fully saturated rings. The molecule has 2 atom stereocenters. The summed E-state index contributed by atoms with van der Waals surface area (Å²) >= 11 is 0. The minimum atomic E-state index is -1.08. The lowest BCUT2D eigenvalue weighted by Crippen LogP contribution is -2.48. The number of nitrogens with two attached hydrogens (primary N) is 1. The number of hydrogen-bond donors (Lipinski definition) is 3. The van der Waals surface area contributed by atoms with Gasteiger partial charge in [-0.25, -0.2) is 0 Å². The van der Waals surface area contributed by atoms with Gasteiger partial charge in [-0.3, -0.25) is 4.79 Å². The summed E-state index contributed by atoms with van der Waals surface area (Å²) in [6.07, 6.45) is 0.446. The van der Waals surface area contributed by atoms with Crippen molar-refractivity contribution in [2.24, 2.45) is 5.73 Å². The van der Waals surface area contributed by atoms with Crippen molar-refractivity contribution >= 4 is 5.91 Å². The summed E-state index contributed by atoms with van der Waals surface area (Å²) in [5.41, 5.74) is 5.59. The molecule has 0 aromatic carbocycles. The highest BCUT2D eigenvalue weighted by Gasteiger charge is 2.22. The molecule has 78 valence electrons. The maximum Gasteiger partial charge on any atom is 0.250 e. The average Bonchev–Trinajstić information content (AvgIpc) is 2.02. The van der Waals surface area contributed by atoms with Gasteiger partial charge in [0, 0.05) is 12.1 Å². The predicted molar refractivity (Wildman–Crippen MR) is 52.2 cm³/mol. The van der Waals surface area contributed by atoms with E-state index in [2.05, 4.69) is 5.32 Å². The Morgan fingerprint density at radius 1 is 1.54 bits per heavy atom. The van der Waals surface area contributed by atoms with Crippen LogP contribution in [0.15, 0.2) is 0 Å². The maximum atomic E-state index is 11.2. The molecule has 0 unspecified atom stereocenters. The number of carbonyl (C=O) groups excluding carboxylic acids is 1. The predicted octanol–water partition coefficient (Wildman–Crippen LogP) is -0.000700. The Morgan fingerprint density at radius 3 is 2.46 bits per heavy atom. The summed E-state index contributed by atoms with van der Waals surface area (Å²) in [6, 6.07) is -0.417. The quantitative estimate of drug-likeness (QED) is 0.568. The highest BCUT2D eigenvalue weighted by molar-refractivity contribution is 5.81. The van der Waals surface area contributed by atoms with E-state index in [9.17, 15) is 9.90 Å². The number of aliphatic hydroxyl groups is 1. The van der Waals surface area contributed by atoms with E-state index in [0.29, 0.717) is 6.42 Å². The molecule has 1 amide bonds. The fourth-order valence-electron chi connectivity index (χ4n) is 1.06. The second-order valence-electron chi connectivity index (χ2n) is 3.56. The van der Waals surface area contributed by atoms with Crippen molar-refractivity contribution < 1.29 is 9.90 Å². The van der Waals surface area contributed by atoms with Crippen LogP contribution >= 0.6 is 0 Å². The molecule has 0 aromatic heterocycles. The average molecular weight is 188 g/mol. The first-order valence-corrected chi connectivity index (χ1v) is 4.73. The lowest BCUT2D eigenvalue weighted by molar-refractivity contribution is -0.130. The van der Waals surface area contributed by atoms with Crippen LogP contribution < -0.4 is 11.1 Å². The third-order valence-corrected chi connectivity index (χ3v) is 1.73. The van der Waals surface area contributed by atoms with Crippen LogP contribution in [-0.4, -0.2) is 29.2 Å². The van der Waals surface area contributed by atoms with Crippen molar-refractivity contribution in [1.82, 2.24) is 5.32 Å². The second kappa shape index (κ2) is 5.94. The Bertz CT molecular complexity index is 160. The van der Waals surface area contributed by atoms with Gasteiger partial charge in [-0.15, -0.1) is 0 Å². The van der Waals surface area contributed by atoms with Crippen LogP contribution in [0.4, 0.5) is 0 Å². The molecular weight excluding hydrogens is 168 g/mol. The zero-order valence-corrected chi connectivity index (χ0v) is 8.58. The number of carbonyl (C=O) groups is 1. The molecule has 0 aromatic rings. The third-order valence-electron chi connectivity index (χ3n) is 1.73. The van der Waals surface area contributed by atoms with Gasteiger partial charge in [-0.1, -0.05) is 13.3 Å². The van der Waals surface area contributed by atoms with Gasteiger partial charge in [0.05, 0.1) is 0 Å². The lowest BCUT2D eigenvalue weighted by atomic mass is 10.1. The number of amides is 1. The lowest BCUT2D eigenvalue weighted by Gasteiger charge is -2.18. The van der Waals surface area contributed by atoms with Crippen molar-refractivity contribution in [3.8, 4) is 0 Å². The zero-order chi connectivity index (χ0) is 10.4. The standard InChI is InChI=1S/C9H20N2O2/c1-4-5-7(10)8(12)9(13)11-6(2)3/h6-8,12H,4-5,10H2,1-3H3,(H,11,13)/t7-,8-/m0/s1. The molecule has 4 N–H and O–H groups in total. The molecule has 4 heteroatoms. The summed E-state index contributed by atoms with van der Waals surface area (Å²) in [7, 11) is 0. The summed E-state index contributed by atoms with van der Waals surface area (Å²) < 4.78 is 0. The fourth-order valence-corrected chi connectivity index (χ4v) is 1.06. The van der Waals surface area contributed by atoms with Crippen LogP contribution in [0.2, 0.25) is 0 Å². The molecule has 0 radical (unpaired) electrons. The SMILES string of the molecule is CCC[C@H](N)[C@H](O)C(=O)NC(C)C. The van der Waals surface area contributed by atoms with Gasteiger partial charge in [0.25, 0.3) is 5.91 Å². The van der Waals surface area contributed by atoms with E-state index in [1.165, 1.54) is 0 Å². The Hall–Kier alpha value is -0.610. The topological polar surface area (TPSA) is 75.3 Å². The summed E-state index contributed by atoms with van der Waals surface area (Å²) in [4.78, 5) is 11.2. The molecule has 0 spiro atoms. The molecule has 13 heavy (non-hydrogen) atoms. The molecule has 0 aliphatic carbocycles. The van der Waals surface area contributed by atoms with E-state index < -0.39 is 12.1 Å². The first-order valence-electron chi connectivity index (χ1n) is 4.73. The molecule has 0 rings (SSSR count). The van der Waals surface area contributed by atoms with E-state index in [4.69, 9.17) is 5.73 Å². The number of rotatable bonds is 5. The number of hydrogen-bond acceptors (Lipinski definition) is 3. The highest BCUT2D eigenvalue weighted by atomic mass is 16.3. The van der Waals surface area contributed by atoms with Crippen LogP contribution in [0.3, 0.4) is 0 Å². The molecule has 0 aliphatic heterocycles. The van der Waals surface area contributed by atoms with Gasteiger partial charge in [0.2, 0.25) is 0 Å². The van der Waals surface area contributed by atoms with E-state index >= 15 is 0 Å². The van der Waals surface area contributed by atoms with E-state index in [1.54, 1.807) is 0 Å². The fraction of sp³-hybridized carbons (Fsp3) is 0.889. The molecule has 0 heterocycles. The second-order valence-corrected chi connectivity index (χ2v) is 3.56.